The first-order valence-corrected chi connectivity index (χ1v) is 6.28. The number of likely N-dealkylation sites (N-methyl/N-ethyl adjacent to an activating group) is 1. The van der Waals surface area contributed by atoms with Gasteiger partial charge in [-0.2, -0.15) is 0 Å². The second-order valence-electron chi connectivity index (χ2n) is 4.75. The lowest BCUT2D eigenvalue weighted by Crippen LogP contribution is -2.31. The van der Waals surface area contributed by atoms with E-state index in [2.05, 4.69) is 5.32 Å². The second-order valence-corrected chi connectivity index (χ2v) is 4.75. The Balaban J connectivity index is 2.51. The summed E-state index contributed by atoms with van der Waals surface area (Å²) in [6.45, 7) is 5.91. The zero-order valence-electron chi connectivity index (χ0n) is 11.5. The fourth-order valence-electron chi connectivity index (χ4n) is 1.75. The molecule has 1 rings (SSSR count). The minimum absolute atomic E-state index is 0.0169. The van der Waals surface area contributed by atoms with Gasteiger partial charge in [0.1, 0.15) is 0 Å². The average molecular weight is 249 g/mol. The summed E-state index contributed by atoms with van der Waals surface area (Å²) < 4.78 is 0. The van der Waals surface area contributed by atoms with Gasteiger partial charge >= 0.3 is 0 Å². The Hall–Kier alpha value is -1.39. The van der Waals surface area contributed by atoms with Crippen LogP contribution in [0, 0.1) is 13.8 Å². The smallest absolute Gasteiger partial charge is 0.238 e. The molecular weight excluding hydrogens is 226 g/mol. The molecule has 0 spiro atoms. The number of aryl methyl sites for hydroxylation is 2. The third-order valence-electron chi connectivity index (χ3n) is 2.82. The van der Waals surface area contributed by atoms with Crippen molar-refractivity contribution in [3.8, 4) is 0 Å². The van der Waals surface area contributed by atoms with E-state index in [0.29, 0.717) is 13.1 Å². The SMILES string of the molecule is Cc1ccc(C)c(NC(=O)CN(C)CCCN)c1. The number of rotatable bonds is 6. The lowest BCUT2D eigenvalue weighted by atomic mass is 10.1. The number of anilines is 1. The third-order valence-corrected chi connectivity index (χ3v) is 2.82. The number of benzene rings is 1. The first-order chi connectivity index (χ1) is 8.52. The van der Waals surface area contributed by atoms with E-state index >= 15 is 0 Å². The molecule has 1 amide bonds. The molecule has 0 saturated heterocycles. The van der Waals surface area contributed by atoms with E-state index < -0.39 is 0 Å². The zero-order chi connectivity index (χ0) is 13.5. The van der Waals surface area contributed by atoms with Crippen molar-refractivity contribution in [1.82, 2.24) is 4.90 Å². The van der Waals surface area contributed by atoms with Gasteiger partial charge in [0.2, 0.25) is 5.91 Å². The van der Waals surface area contributed by atoms with E-state index in [9.17, 15) is 4.79 Å². The van der Waals surface area contributed by atoms with Crippen molar-refractivity contribution in [2.75, 3.05) is 32.0 Å². The maximum absolute atomic E-state index is 11.9. The van der Waals surface area contributed by atoms with Crippen molar-refractivity contribution < 1.29 is 4.79 Å². The Labute approximate surface area is 109 Å². The fraction of sp³-hybridized carbons (Fsp3) is 0.500. The van der Waals surface area contributed by atoms with Gasteiger partial charge in [0.05, 0.1) is 6.54 Å². The summed E-state index contributed by atoms with van der Waals surface area (Å²) in [4.78, 5) is 13.8. The molecule has 18 heavy (non-hydrogen) atoms. The summed E-state index contributed by atoms with van der Waals surface area (Å²) in [6.07, 6.45) is 0.910. The van der Waals surface area contributed by atoms with Crippen LogP contribution in [0.1, 0.15) is 17.5 Å². The van der Waals surface area contributed by atoms with Gasteiger partial charge in [-0.05, 0) is 57.6 Å². The van der Waals surface area contributed by atoms with Gasteiger partial charge < -0.3 is 11.1 Å². The van der Waals surface area contributed by atoms with Crippen LogP contribution in [0.15, 0.2) is 18.2 Å². The standard InChI is InChI=1S/C14H23N3O/c1-11-5-6-12(2)13(9-11)16-14(18)10-17(3)8-4-7-15/h5-6,9H,4,7-8,10,15H2,1-3H3,(H,16,18). The highest BCUT2D eigenvalue weighted by Crippen LogP contribution is 2.16. The van der Waals surface area contributed by atoms with Crippen LogP contribution in [0.4, 0.5) is 5.69 Å². The van der Waals surface area contributed by atoms with Crippen LogP contribution in [0.3, 0.4) is 0 Å². The van der Waals surface area contributed by atoms with Gasteiger partial charge in [-0.15, -0.1) is 0 Å². The summed E-state index contributed by atoms with van der Waals surface area (Å²) in [5.74, 6) is 0.0169. The van der Waals surface area contributed by atoms with Crippen LogP contribution >= 0.6 is 0 Å². The molecule has 4 heteroatoms. The first kappa shape index (κ1) is 14.7. The average Bonchev–Trinajstić information content (AvgIpc) is 2.31. The van der Waals surface area contributed by atoms with Gasteiger partial charge in [0.15, 0.2) is 0 Å². The minimum atomic E-state index is 0.0169. The molecule has 0 atom stereocenters. The normalized spacial score (nSPS) is 10.7. The zero-order valence-corrected chi connectivity index (χ0v) is 11.5. The highest BCUT2D eigenvalue weighted by atomic mass is 16.2. The van der Waals surface area contributed by atoms with Crippen molar-refractivity contribution in [2.24, 2.45) is 5.73 Å². The van der Waals surface area contributed by atoms with E-state index in [-0.39, 0.29) is 5.91 Å². The quantitative estimate of drug-likeness (QED) is 0.803. The van der Waals surface area contributed by atoms with Crippen molar-refractivity contribution in [3.63, 3.8) is 0 Å². The number of carbonyl (C=O) groups excluding carboxylic acids is 1. The molecule has 0 aromatic heterocycles. The van der Waals surface area contributed by atoms with E-state index in [0.717, 1.165) is 29.8 Å². The van der Waals surface area contributed by atoms with Crippen LogP contribution in [0.2, 0.25) is 0 Å². The van der Waals surface area contributed by atoms with Crippen molar-refractivity contribution in [3.05, 3.63) is 29.3 Å². The van der Waals surface area contributed by atoms with Gasteiger partial charge in [-0.1, -0.05) is 12.1 Å². The number of nitrogens with one attached hydrogen (secondary N) is 1. The highest BCUT2D eigenvalue weighted by Gasteiger charge is 2.08. The van der Waals surface area contributed by atoms with E-state index in [1.54, 1.807) is 0 Å². The summed E-state index contributed by atoms with van der Waals surface area (Å²) in [6, 6.07) is 6.05. The molecule has 0 heterocycles. The van der Waals surface area contributed by atoms with Gasteiger partial charge in [-0.25, -0.2) is 0 Å². The number of amides is 1. The summed E-state index contributed by atoms with van der Waals surface area (Å²) in [5, 5.41) is 2.95. The molecule has 0 radical (unpaired) electrons. The topological polar surface area (TPSA) is 58.4 Å². The van der Waals surface area contributed by atoms with Gasteiger partial charge in [-0.3, -0.25) is 9.69 Å². The number of nitrogens with two attached hydrogens (primary N) is 1. The van der Waals surface area contributed by atoms with Crippen LogP contribution in [-0.4, -0.2) is 37.5 Å². The summed E-state index contributed by atoms with van der Waals surface area (Å²) in [5.41, 5.74) is 8.56. The van der Waals surface area contributed by atoms with Gasteiger partial charge in [0.25, 0.3) is 0 Å². The molecule has 0 saturated carbocycles. The molecule has 0 aliphatic carbocycles. The molecule has 0 aliphatic rings. The van der Waals surface area contributed by atoms with E-state index in [1.807, 2.05) is 44.0 Å². The molecule has 1 aromatic carbocycles. The van der Waals surface area contributed by atoms with Crippen LogP contribution in [-0.2, 0) is 4.79 Å². The molecule has 3 N–H and O–H groups in total. The monoisotopic (exact) mass is 249 g/mol. The molecule has 1 aromatic rings. The molecule has 0 fully saturated rings. The maximum Gasteiger partial charge on any atom is 0.238 e. The molecule has 0 unspecified atom stereocenters. The molecule has 100 valence electrons. The minimum Gasteiger partial charge on any atom is -0.330 e. The highest BCUT2D eigenvalue weighted by molar-refractivity contribution is 5.93. The predicted octanol–water partition coefficient (Wildman–Crippen LogP) is 1.52. The molecule has 4 nitrogen and oxygen atoms in total. The number of nitrogens with zero attached hydrogens (tertiary/aromatic N) is 1. The van der Waals surface area contributed by atoms with E-state index in [4.69, 9.17) is 5.73 Å². The Morgan fingerprint density at radius 2 is 2.11 bits per heavy atom. The lowest BCUT2D eigenvalue weighted by molar-refractivity contribution is -0.117. The number of hydrogen-bond acceptors (Lipinski definition) is 3. The first-order valence-electron chi connectivity index (χ1n) is 6.28. The summed E-state index contributed by atoms with van der Waals surface area (Å²) in [7, 11) is 1.93. The molecule has 0 bridgehead atoms. The Morgan fingerprint density at radius 1 is 1.39 bits per heavy atom. The molecule has 0 aliphatic heterocycles. The van der Waals surface area contributed by atoms with Crippen molar-refractivity contribution in [2.45, 2.75) is 20.3 Å². The lowest BCUT2D eigenvalue weighted by Gasteiger charge is -2.16. The van der Waals surface area contributed by atoms with Crippen LogP contribution in [0.5, 0.6) is 0 Å². The fourth-order valence-corrected chi connectivity index (χ4v) is 1.75. The predicted molar refractivity (Wildman–Crippen MR) is 75.7 cm³/mol. The van der Waals surface area contributed by atoms with E-state index in [1.165, 1.54) is 0 Å². The summed E-state index contributed by atoms with van der Waals surface area (Å²) >= 11 is 0. The third kappa shape index (κ3) is 4.85. The van der Waals surface area contributed by atoms with Crippen LogP contribution < -0.4 is 11.1 Å². The maximum atomic E-state index is 11.9. The Kier molecular flexibility index (Phi) is 5.82. The number of carbonyl (C=O) groups is 1. The van der Waals surface area contributed by atoms with Gasteiger partial charge in [0, 0.05) is 5.69 Å². The number of hydrogen-bond donors (Lipinski definition) is 2. The Morgan fingerprint density at radius 3 is 2.78 bits per heavy atom. The van der Waals surface area contributed by atoms with Crippen LogP contribution in [0.25, 0.3) is 0 Å². The molecular formula is C14H23N3O. The largest absolute Gasteiger partial charge is 0.330 e. The van der Waals surface area contributed by atoms with Crippen molar-refractivity contribution >= 4 is 11.6 Å². The Bertz CT molecular complexity index is 404. The van der Waals surface area contributed by atoms with Crippen molar-refractivity contribution in [1.29, 1.82) is 0 Å². The second kappa shape index (κ2) is 7.13.